The van der Waals surface area contributed by atoms with E-state index < -0.39 is 0 Å². The maximum Gasteiger partial charge on any atom is 0.0785 e. The van der Waals surface area contributed by atoms with Gasteiger partial charge in [0.15, 0.2) is 0 Å². The molecule has 0 aromatic carbocycles. The summed E-state index contributed by atoms with van der Waals surface area (Å²) in [7, 11) is 4.72. The maximum atomic E-state index is 2.39. The third-order valence-electron chi connectivity index (χ3n) is 2.94. The molecule has 0 bridgehead atoms. The molecular formula is C10H22N+. The Hall–Kier alpha value is -0.0400. The summed E-state index contributed by atoms with van der Waals surface area (Å²) in [5.41, 5.74) is 0. The van der Waals surface area contributed by atoms with Crippen molar-refractivity contribution in [3.63, 3.8) is 0 Å². The zero-order chi connectivity index (χ0) is 8.32. The van der Waals surface area contributed by atoms with Crippen LogP contribution in [0.4, 0.5) is 0 Å². The van der Waals surface area contributed by atoms with Crippen molar-refractivity contribution in [3.05, 3.63) is 0 Å². The van der Waals surface area contributed by atoms with Crippen LogP contribution in [0.15, 0.2) is 0 Å². The Morgan fingerprint density at radius 2 is 1.73 bits per heavy atom. The molecule has 66 valence electrons. The van der Waals surface area contributed by atoms with Crippen molar-refractivity contribution in [2.45, 2.75) is 32.6 Å². The molecule has 0 aliphatic carbocycles. The molecule has 0 N–H and O–H groups in total. The fourth-order valence-corrected chi connectivity index (χ4v) is 1.86. The van der Waals surface area contributed by atoms with Crippen LogP contribution < -0.4 is 0 Å². The van der Waals surface area contributed by atoms with Gasteiger partial charge < -0.3 is 4.48 Å². The van der Waals surface area contributed by atoms with Crippen molar-refractivity contribution in [1.82, 2.24) is 0 Å². The van der Waals surface area contributed by atoms with Gasteiger partial charge in [-0.25, -0.2) is 0 Å². The normalized spacial score (nSPS) is 32.5. The van der Waals surface area contributed by atoms with Gasteiger partial charge in [-0.1, -0.05) is 13.3 Å². The van der Waals surface area contributed by atoms with Gasteiger partial charge in [0.05, 0.1) is 27.2 Å². The standard InChI is InChI=1S/C10H22N/c1-10-6-4-5-8-11(2,3)9-7-10/h10H,4-9H2,1-3H3/q+1. The zero-order valence-corrected chi connectivity index (χ0v) is 8.27. The van der Waals surface area contributed by atoms with Gasteiger partial charge in [0.1, 0.15) is 0 Å². The Labute approximate surface area is 71.0 Å². The van der Waals surface area contributed by atoms with Crippen molar-refractivity contribution >= 4 is 0 Å². The first-order chi connectivity index (χ1) is 5.10. The van der Waals surface area contributed by atoms with Crippen LogP contribution in [0.1, 0.15) is 32.6 Å². The van der Waals surface area contributed by atoms with Gasteiger partial charge >= 0.3 is 0 Å². The maximum absolute atomic E-state index is 2.39. The largest absolute Gasteiger partial charge is 0.328 e. The summed E-state index contributed by atoms with van der Waals surface area (Å²) in [4.78, 5) is 0. The van der Waals surface area contributed by atoms with E-state index in [4.69, 9.17) is 0 Å². The van der Waals surface area contributed by atoms with Crippen LogP contribution in [0.25, 0.3) is 0 Å². The number of hydrogen-bond acceptors (Lipinski definition) is 0. The van der Waals surface area contributed by atoms with E-state index in [0.717, 1.165) is 5.92 Å². The highest BCUT2D eigenvalue weighted by Gasteiger charge is 2.18. The minimum Gasteiger partial charge on any atom is -0.328 e. The molecule has 0 amide bonds. The highest BCUT2D eigenvalue weighted by atomic mass is 15.3. The number of quaternary nitrogens is 1. The first kappa shape index (κ1) is 9.05. The molecule has 1 saturated heterocycles. The lowest BCUT2D eigenvalue weighted by molar-refractivity contribution is -0.891. The second-order valence-electron chi connectivity index (χ2n) is 4.77. The van der Waals surface area contributed by atoms with Gasteiger partial charge in [0, 0.05) is 0 Å². The summed E-state index contributed by atoms with van der Waals surface area (Å²) in [5, 5.41) is 0. The molecule has 1 nitrogen and oxygen atoms in total. The Morgan fingerprint density at radius 1 is 1.00 bits per heavy atom. The predicted octanol–water partition coefficient (Wildman–Crippen LogP) is 2.27. The molecule has 1 heteroatoms. The molecule has 0 radical (unpaired) electrons. The lowest BCUT2D eigenvalue weighted by Gasteiger charge is -2.33. The van der Waals surface area contributed by atoms with Crippen LogP contribution in [-0.4, -0.2) is 31.7 Å². The topological polar surface area (TPSA) is 0 Å². The van der Waals surface area contributed by atoms with Gasteiger partial charge in [-0.05, 0) is 25.2 Å². The minimum atomic E-state index is 0.965. The molecule has 11 heavy (non-hydrogen) atoms. The Balaban J connectivity index is 2.38. The number of likely N-dealkylation sites (tertiary alicyclic amines) is 1. The van der Waals surface area contributed by atoms with Crippen molar-refractivity contribution < 1.29 is 4.48 Å². The average molecular weight is 156 g/mol. The van der Waals surface area contributed by atoms with E-state index in [-0.39, 0.29) is 0 Å². The third kappa shape index (κ3) is 3.24. The molecule has 0 saturated carbocycles. The molecule has 0 spiro atoms. The van der Waals surface area contributed by atoms with Gasteiger partial charge in [-0.2, -0.15) is 0 Å². The summed E-state index contributed by atoms with van der Waals surface area (Å²) in [5.74, 6) is 0.965. The Morgan fingerprint density at radius 3 is 2.45 bits per heavy atom. The fraction of sp³-hybridized carbons (Fsp3) is 1.00. The van der Waals surface area contributed by atoms with Crippen LogP contribution >= 0.6 is 0 Å². The summed E-state index contributed by atoms with van der Waals surface area (Å²) in [6.07, 6.45) is 5.76. The van der Waals surface area contributed by atoms with Gasteiger partial charge in [-0.3, -0.25) is 0 Å². The molecule has 0 aromatic heterocycles. The van der Waals surface area contributed by atoms with Crippen LogP contribution in [0.3, 0.4) is 0 Å². The highest BCUT2D eigenvalue weighted by molar-refractivity contribution is 4.56. The van der Waals surface area contributed by atoms with Crippen LogP contribution in [0.5, 0.6) is 0 Å². The van der Waals surface area contributed by atoms with Crippen LogP contribution in [0, 0.1) is 5.92 Å². The molecule has 1 fully saturated rings. The molecule has 1 aliphatic heterocycles. The SMILES string of the molecule is CC1CCCC[N+](C)(C)CC1. The van der Waals surface area contributed by atoms with E-state index >= 15 is 0 Å². The van der Waals surface area contributed by atoms with Crippen molar-refractivity contribution in [1.29, 1.82) is 0 Å². The molecular weight excluding hydrogens is 134 g/mol. The lowest BCUT2D eigenvalue weighted by Crippen LogP contribution is -2.42. The molecule has 1 aliphatic rings. The summed E-state index contributed by atoms with van der Waals surface area (Å²) < 4.78 is 1.24. The first-order valence-electron chi connectivity index (χ1n) is 4.92. The Bertz CT molecular complexity index is 118. The lowest BCUT2D eigenvalue weighted by atomic mass is 9.97. The minimum absolute atomic E-state index is 0.965. The highest BCUT2D eigenvalue weighted by Crippen LogP contribution is 2.18. The predicted molar refractivity (Wildman–Crippen MR) is 49.5 cm³/mol. The van der Waals surface area contributed by atoms with E-state index in [1.165, 1.54) is 43.3 Å². The number of nitrogens with zero attached hydrogens (tertiary/aromatic N) is 1. The second-order valence-corrected chi connectivity index (χ2v) is 4.77. The van der Waals surface area contributed by atoms with E-state index in [0.29, 0.717) is 0 Å². The summed E-state index contributed by atoms with van der Waals surface area (Å²) >= 11 is 0. The Kier molecular flexibility index (Phi) is 2.94. The summed E-state index contributed by atoms with van der Waals surface area (Å²) in [6, 6.07) is 0. The van der Waals surface area contributed by atoms with E-state index in [9.17, 15) is 0 Å². The molecule has 1 rings (SSSR count). The van der Waals surface area contributed by atoms with E-state index in [1.54, 1.807) is 0 Å². The van der Waals surface area contributed by atoms with Crippen LogP contribution in [0.2, 0.25) is 0 Å². The van der Waals surface area contributed by atoms with Gasteiger partial charge in [0.2, 0.25) is 0 Å². The first-order valence-corrected chi connectivity index (χ1v) is 4.92. The quantitative estimate of drug-likeness (QED) is 0.472. The molecule has 0 aromatic rings. The summed E-state index contributed by atoms with van der Waals surface area (Å²) in [6.45, 7) is 5.15. The van der Waals surface area contributed by atoms with E-state index in [1.807, 2.05) is 0 Å². The van der Waals surface area contributed by atoms with Crippen molar-refractivity contribution in [2.24, 2.45) is 5.92 Å². The smallest absolute Gasteiger partial charge is 0.0785 e. The molecule has 1 heterocycles. The van der Waals surface area contributed by atoms with Gasteiger partial charge in [-0.15, -0.1) is 0 Å². The number of hydrogen-bond donors (Lipinski definition) is 0. The number of rotatable bonds is 0. The third-order valence-corrected chi connectivity index (χ3v) is 2.94. The second kappa shape index (κ2) is 3.57. The zero-order valence-electron chi connectivity index (χ0n) is 8.27. The van der Waals surface area contributed by atoms with Crippen molar-refractivity contribution in [3.8, 4) is 0 Å². The monoisotopic (exact) mass is 156 g/mol. The molecule has 1 unspecified atom stereocenters. The molecule has 1 atom stereocenters. The van der Waals surface area contributed by atoms with E-state index in [2.05, 4.69) is 21.0 Å². The average Bonchev–Trinajstić information content (AvgIpc) is 1.92. The van der Waals surface area contributed by atoms with Gasteiger partial charge in [0.25, 0.3) is 0 Å². The fourth-order valence-electron chi connectivity index (χ4n) is 1.86. The van der Waals surface area contributed by atoms with Crippen LogP contribution in [-0.2, 0) is 0 Å². The van der Waals surface area contributed by atoms with Crippen molar-refractivity contribution in [2.75, 3.05) is 27.2 Å².